The maximum absolute atomic E-state index is 10.1. The smallest absolute Gasteiger partial charge is 0.220 e. The van der Waals surface area contributed by atoms with Crippen molar-refractivity contribution < 1.29 is 14.6 Å². The van der Waals surface area contributed by atoms with Crippen LogP contribution in [0.15, 0.2) is 0 Å². The third-order valence-electron chi connectivity index (χ3n) is 1.14. The molecule has 0 saturated carbocycles. The van der Waals surface area contributed by atoms with Gasteiger partial charge in [0.05, 0.1) is 13.7 Å². The number of hydrogen-bond acceptors (Lipinski definition) is 3. The third-order valence-corrected chi connectivity index (χ3v) is 1.14. The molecule has 0 bridgehead atoms. The van der Waals surface area contributed by atoms with Crippen LogP contribution in [0.5, 0.6) is 0 Å². The molecule has 0 atom stereocenters. The fraction of sp³-hybridized carbons (Fsp3) is 0.857. The molecule has 0 aromatic heterocycles. The van der Waals surface area contributed by atoms with Gasteiger partial charge in [0.2, 0.25) is 5.91 Å². The van der Waals surface area contributed by atoms with E-state index in [1.807, 2.05) is 6.92 Å². The maximum Gasteiger partial charge on any atom is 0.220 e. The van der Waals surface area contributed by atoms with Gasteiger partial charge in [0.1, 0.15) is 0 Å². The van der Waals surface area contributed by atoms with E-state index in [4.69, 9.17) is 0 Å². The second-order valence-electron chi connectivity index (χ2n) is 2.03. The van der Waals surface area contributed by atoms with Gasteiger partial charge in [0.15, 0.2) is 0 Å². The molecule has 0 unspecified atom stereocenters. The molecule has 1 amide bonds. The van der Waals surface area contributed by atoms with E-state index in [2.05, 4.69) is 15.1 Å². The Morgan fingerprint density at radius 1 is 1.64 bits per heavy atom. The summed E-state index contributed by atoms with van der Waals surface area (Å²) in [5.74, 6) is 0.204. The molecule has 4 heteroatoms. The summed E-state index contributed by atoms with van der Waals surface area (Å²) in [6.07, 6.45) is 1.76. The summed E-state index contributed by atoms with van der Waals surface area (Å²) in [4.78, 5) is 18.7. The number of nitrogens with one attached hydrogen (secondary N) is 1. The van der Waals surface area contributed by atoms with Gasteiger partial charge in [-0.2, -0.15) is 0 Å². The molecular weight excluding hydrogens is 146 g/mol. The van der Waals surface area contributed by atoms with Crippen LogP contribution in [0.2, 0.25) is 0 Å². The summed E-state index contributed by atoms with van der Waals surface area (Å²) in [6.45, 7) is 3.37. The Morgan fingerprint density at radius 3 is 2.45 bits per heavy atom. The van der Waals surface area contributed by atoms with Gasteiger partial charge >= 0.3 is 0 Å². The normalized spacial score (nSPS) is 15.3. The molecule has 4 nitrogen and oxygen atoms in total. The molecule has 1 saturated heterocycles. The molecule has 1 aliphatic rings. The van der Waals surface area contributed by atoms with Crippen LogP contribution in [0.3, 0.4) is 0 Å². The van der Waals surface area contributed by atoms with Crippen molar-refractivity contribution in [3.05, 3.63) is 0 Å². The zero-order chi connectivity index (χ0) is 8.53. The molecule has 1 fully saturated rings. The van der Waals surface area contributed by atoms with E-state index in [0.717, 1.165) is 19.4 Å². The molecule has 66 valence electrons. The average molecular weight is 161 g/mol. The van der Waals surface area contributed by atoms with E-state index >= 15 is 0 Å². The van der Waals surface area contributed by atoms with Crippen molar-refractivity contribution >= 4 is 5.91 Å². The Morgan fingerprint density at radius 2 is 2.36 bits per heavy atom. The van der Waals surface area contributed by atoms with E-state index in [-0.39, 0.29) is 5.91 Å². The third kappa shape index (κ3) is 7.29. The largest absolute Gasteiger partial charge is 0.356 e. The summed E-state index contributed by atoms with van der Waals surface area (Å²) in [6, 6.07) is 0. The zero-order valence-corrected chi connectivity index (χ0v) is 7.05. The van der Waals surface area contributed by atoms with Crippen molar-refractivity contribution in [2.45, 2.75) is 19.8 Å². The summed E-state index contributed by atoms with van der Waals surface area (Å²) in [7, 11) is 1.49. The highest BCUT2D eigenvalue weighted by Gasteiger charge is 2.05. The molecule has 11 heavy (non-hydrogen) atoms. The highest BCUT2D eigenvalue weighted by atomic mass is 17.2. The number of hydrogen-bond donors (Lipinski definition) is 1. The Balaban J connectivity index is 0.000000187. The van der Waals surface area contributed by atoms with Crippen molar-refractivity contribution in [1.82, 2.24) is 5.32 Å². The minimum Gasteiger partial charge on any atom is -0.356 e. The second-order valence-corrected chi connectivity index (χ2v) is 2.03. The first-order valence-corrected chi connectivity index (χ1v) is 3.73. The number of carbonyl (C=O) groups is 1. The van der Waals surface area contributed by atoms with E-state index in [1.165, 1.54) is 7.11 Å². The molecule has 1 N–H and O–H groups in total. The summed E-state index contributed by atoms with van der Waals surface area (Å²) in [5.41, 5.74) is 0. The Hall–Kier alpha value is -0.610. The molecule has 1 heterocycles. The zero-order valence-electron chi connectivity index (χ0n) is 7.05. The van der Waals surface area contributed by atoms with Crippen LogP contribution in [0, 0.1) is 0 Å². The first kappa shape index (κ1) is 10.4. The topological polar surface area (TPSA) is 47.6 Å². The molecule has 0 aliphatic carbocycles. The van der Waals surface area contributed by atoms with Gasteiger partial charge in [-0.1, -0.05) is 0 Å². The minimum absolute atomic E-state index is 0.204. The lowest BCUT2D eigenvalue weighted by molar-refractivity contribution is -0.268. The fourth-order valence-corrected chi connectivity index (χ4v) is 0.683. The quantitative estimate of drug-likeness (QED) is 0.473. The lowest BCUT2D eigenvalue weighted by Crippen LogP contribution is -2.12. The highest BCUT2D eigenvalue weighted by Crippen LogP contribution is 1.93. The van der Waals surface area contributed by atoms with Crippen LogP contribution in [-0.4, -0.2) is 26.2 Å². The SMILES string of the molecule is CCOOC.O=C1CCCN1. The van der Waals surface area contributed by atoms with Crippen molar-refractivity contribution in [3.8, 4) is 0 Å². The van der Waals surface area contributed by atoms with Crippen LogP contribution >= 0.6 is 0 Å². The fourth-order valence-electron chi connectivity index (χ4n) is 0.683. The van der Waals surface area contributed by atoms with Crippen LogP contribution < -0.4 is 5.32 Å². The van der Waals surface area contributed by atoms with Gasteiger partial charge in [-0.25, -0.2) is 9.78 Å². The number of rotatable bonds is 2. The summed E-state index contributed by atoms with van der Waals surface area (Å²) < 4.78 is 0. The first-order valence-electron chi connectivity index (χ1n) is 3.73. The Bertz CT molecular complexity index is 95.9. The standard InChI is InChI=1S/C4H7NO.C3H8O2/c6-4-2-1-3-5-4;1-3-5-4-2/h1-3H2,(H,5,6);3H2,1-2H3. The maximum atomic E-state index is 10.1. The second kappa shape index (κ2) is 7.50. The predicted octanol–water partition coefficient (Wildman–Crippen LogP) is 0.481. The molecule has 0 aromatic carbocycles. The molecule has 0 radical (unpaired) electrons. The highest BCUT2D eigenvalue weighted by molar-refractivity contribution is 5.77. The van der Waals surface area contributed by atoms with Gasteiger partial charge < -0.3 is 5.32 Å². The minimum atomic E-state index is 0.204. The monoisotopic (exact) mass is 161 g/mol. The van der Waals surface area contributed by atoms with Gasteiger partial charge in [0, 0.05) is 13.0 Å². The molecular formula is C7H15NO3. The van der Waals surface area contributed by atoms with Crippen LogP contribution in [0.25, 0.3) is 0 Å². The molecule has 1 aliphatic heterocycles. The lowest BCUT2D eigenvalue weighted by atomic mass is 10.4. The predicted molar refractivity (Wildman–Crippen MR) is 40.9 cm³/mol. The van der Waals surface area contributed by atoms with Gasteiger partial charge in [-0.3, -0.25) is 4.79 Å². The average Bonchev–Trinajstić information content (AvgIpc) is 2.43. The van der Waals surface area contributed by atoms with Gasteiger partial charge in [0.25, 0.3) is 0 Å². The molecule has 0 spiro atoms. The van der Waals surface area contributed by atoms with Crippen molar-refractivity contribution in [2.24, 2.45) is 0 Å². The van der Waals surface area contributed by atoms with E-state index in [1.54, 1.807) is 0 Å². The number of amides is 1. The Kier molecular flexibility index (Phi) is 7.08. The summed E-state index contributed by atoms with van der Waals surface area (Å²) >= 11 is 0. The van der Waals surface area contributed by atoms with Crippen LogP contribution in [-0.2, 0) is 14.6 Å². The first-order chi connectivity index (χ1) is 5.31. The van der Waals surface area contributed by atoms with E-state index in [9.17, 15) is 4.79 Å². The molecule has 0 aromatic rings. The van der Waals surface area contributed by atoms with E-state index < -0.39 is 0 Å². The van der Waals surface area contributed by atoms with Crippen molar-refractivity contribution in [1.29, 1.82) is 0 Å². The van der Waals surface area contributed by atoms with Crippen LogP contribution in [0.1, 0.15) is 19.8 Å². The van der Waals surface area contributed by atoms with Crippen LogP contribution in [0.4, 0.5) is 0 Å². The summed E-state index contributed by atoms with van der Waals surface area (Å²) in [5, 5.41) is 2.68. The van der Waals surface area contributed by atoms with Crippen molar-refractivity contribution in [3.63, 3.8) is 0 Å². The van der Waals surface area contributed by atoms with Gasteiger partial charge in [-0.15, -0.1) is 0 Å². The van der Waals surface area contributed by atoms with Gasteiger partial charge in [-0.05, 0) is 13.3 Å². The Labute approximate surface area is 66.8 Å². The lowest BCUT2D eigenvalue weighted by Gasteiger charge is -1.86. The molecule has 1 rings (SSSR count). The van der Waals surface area contributed by atoms with Crippen molar-refractivity contribution in [2.75, 3.05) is 20.3 Å². The number of carbonyl (C=O) groups excluding carboxylic acids is 1. The van der Waals surface area contributed by atoms with E-state index in [0.29, 0.717) is 6.61 Å².